The molecular weight excluding hydrogens is 252 g/mol. The molecule has 0 saturated carbocycles. The highest BCUT2D eigenvalue weighted by atomic mass is 32.2. The van der Waals surface area contributed by atoms with Crippen LogP contribution < -0.4 is 4.72 Å². The molecule has 18 heavy (non-hydrogen) atoms. The third-order valence-electron chi connectivity index (χ3n) is 2.46. The first-order valence-corrected chi connectivity index (χ1v) is 7.19. The van der Waals surface area contributed by atoms with Crippen LogP contribution in [0.1, 0.15) is 11.3 Å². The third kappa shape index (κ3) is 3.97. The fraction of sp³-hybridized carbons (Fsp3) is 0.250. The summed E-state index contributed by atoms with van der Waals surface area (Å²) < 4.78 is 30.7. The van der Waals surface area contributed by atoms with Crippen molar-refractivity contribution in [3.05, 3.63) is 54.2 Å². The van der Waals surface area contributed by atoms with Crippen molar-refractivity contribution >= 4 is 10.0 Å². The van der Waals surface area contributed by atoms with Gasteiger partial charge in [-0.2, -0.15) is 0 Å². The minimum Gasteiger partial charge on any atom is -0.451 e. The number of aromatic nitrogens is 1. The Balaban J connectivity index is 1.84. The van der Waals surface area contributed by atoms with Crippen LogP contribution >= 0.6 is 0 Å². The molecule has 0 unspecified atom stereocenters. The van der Waals surface area contributed by atoms with E-state index < -0.39 is 10.0 Å². The lowest BCUT2D eigenvalue weighted by Gasteiger charge is -2.05. The van der Waals surface area contributed by atoms with Crippen molar-refractivity contribution in [1.82, 2.24) is 9.71 Å². The van der Waals surface area contributed by atoms with Gasteiger partial charge in [0, 0.05) is 0 Å². The maximum Gasteiger partial charge on any atom is 0.212 e. The van der Waals surface area contributed by atoms with Crippen molar-refractivity contribution in [2.75, 3.05) is 5.75 Å². The number of nitrogens with one attached hydrogen (secondary N) is 1. The van der Waals surface area contributed by atoms with Crippen LogP contribution in [-0.2, 0) is 23.0 Å². The molecule has 0 radical (unpaired) electrons. The molecule has 0 saturated heterocycles. The SMILES string of the molecule is O=S(=O)(CCc1ccccc1)NCc1cocn1. The molecule has 2 aromatic rings. The summed E-state index contributed by atoms with van der Waals surface area (Å²) in [6.07, 6.45) is 3.18. The van der Waals surface area contributed by atoms with Crippen LogP contribution in [0.5, 0.6) is 0 Å². The molecule has 1 heterocycles. The van der Waals surface area contributed by atoms with Gasteiger partial charge in [-0.15, -0.1) is 0 Å². The Morgan fingerprint density at radius 1 is 1.22 bits per heavy atom. The zero-order chi connectivity index (χ0) is 12.8. The molecule has 5 nitrogen and oxygen atoms in total. The largest absolute Gasteiger partial charge is 0.451 e. The van der Waals surface area contributed by atoms with E-state index in [9.17, 15) is 8.42 Å². The summed E-state index contributed by atoms with van der Waals surface area (Å²) in [5.41, 5.74) is 1.57. The van der Waals surface area contributed by atoms with Gasteiger partial charge in [0.15, 0.2) is 6.39 Å². The van der Waals surface area contributed by atoms with Gasteiger partial charge in [0.1, 0.15) is 6.26 Å². The average molecular weight is 266 g/mol. The van der Waals surface area contributed by atoms with Gasteiger partial charge in [0.25, 0.3) is 0 Å². The Morgan fingerprint density at radius 2 is 2.00 bits per heavy atom. The standard InChI is InChI=1S/C12H14N2O3S/c15-18(16,14-8-12-9-17-10-13-12)7-6-11-4-2-1-3-5-11/h1-5,9-10,14H,6-8H2. The first-order valence-electron chi connectivity index (χ1n) is 5.54. The second-order valence-corrected chi connectivity index (χ2v) is 5.78. The molecule has 0 aliphatic rings. The van der Waals surface area contributed by atoms with Crippen LogP contribution in [0.4, 0.5) is 0 Å². The van der Waals surface area contributed by atoms with E-state index in [-0.39, 0.29) is 12.3 Å². The van der Waals surface area contributed by atoms with Crippen molar-refractivity contribution in [2.45, 2.75) is 13.0 Å². The number of benzene rings is 1. The number of rotatable bonds is 6. The van der Waals surface area contributed by atoms with Gasteiger partial charge in [-0.25, -0.2) is 18.1 Å². The molecule has 0 bridgehead atoms. The van der Waals surface area contributed by atoms with Gasteiger partial charge in [-0.05, 0) is 12.0 Å². The molecule has 0 aliphatic carbocycles. The maximum atomic E-state index is 11.7. The van der Waals surface area contributed by atoms with Crippen LogP contribution in [0.15, 0.2) is 47.4 Å². The quantitative estimate of drug-likeness (QED) is 0.856. The normalized spacial score (nSPS) is 11.6. The fourth-order valence-corrected chi connectivity index (χ4v) is 2.49. The molecule has 0 amide bonds. The summed E-state index contributed by atoms with van der Waals surface area (Å²) in [5.74, 6) is 0.0643. The molecule has 96 valence electrons. The number of nitrogens with zero attached hydrogens (tertiary/aromatic N) is 1. The van der Waals surface area contributed by atoms with Gasteiger partial charge >= 0.3 is 0 Å². The summed E-state index contributed by atoms with van der Waals surface area (Å²) in [6, 6.07) is 9.51. The molecule has 2 rings (SSSR count). The molecule has 1 N–H and O–H groups in total. The lowest BCUT2D eigenvalue weighted by atomic mass is 10.2. The Labute approximate surface area is 106 Å². The lowest BCUT2D eigenvalue weighted by molar-refractivity contribution is 0.555. The number of hydrogen-bond donors (Lipinski definition) is 1. The smallest absolute Gasteiger partial charge is 0.212 e. The van der Waals surface area contributed by atoms with E-state index in [1.165, 1.54) is 12.7 Å². The summed E-state index contributed by atoms with van der Waals surface area (Å²) in [6.45, 7) is 0.160. The van der Waals surface area contributed by atoms with E-state index in [1.54, 1.807) is 0 Å². The van der Waals surface area contributed by atoms with Crippen molar-refractivity contribution in [3.8, 4) is 0 Å². The van der Waals surface area contributed by atoms with E-state index in [2.05, 4.69) is 9.71 Å². The zero-order valence-electron chi connectivity index (χ0n) is 9.74. The Morgan fingerprint density at radius 3 is 2.67 bits per heavy atom. The zero-order valence-corrected chi connectivity index (χ0v) is 10.6. The topological polar surface area (TPSA) is 72.2 Å². The van der Waals surface area contributed by atoms with Gasteiger partial charge in [-0.1, -0.05) is 30.3 Å². The van der Waals surface area contributed by atoms with Crippen LogP contribution in [0.25, 0.3) is 0 Å². The predicted molar refractivity (Wildman–Crippen MR) is 67.3 cm³/mol. The average Bonchev–Trinajstić information content (AvgIpc) is 2.89. The fourth-order valence-electron chi connectivity index (χ4n) is 1.48. The second kappa shape index (κ2) is 5.79. The molecule has 1 aromatic heterocycles. The van der Waals surface area contributed by atoms with E-state index >= 15 is 0 Å². The number of oxazole rings is 1. The first kappa shape index (κ1) is 12.8. The highest BCUT2D eigenvalue weighted by molar-refractivity contribution is 7.89. The van der Waals surface area contributed by atoms with Gasteiger partial charge in [-0.3, -0.25) is 0 Å². The van der Waals surface area contributed by atoms with Gasteiger partial charge in [0.2, 0.25) is 10.0 Å². The predicted octanol–water partition coefficient (Wildman–Crippen LogP) is 1.34. The Kier molecular flexibility index (Phi) is 4.11. The van der Waals surface area contributed by atoms with Crippen LogP contribution in [-0.4, -0.2) is 19.2 Å². The summed E-state index contributed by atoms with van der Waals surface area (Å²) in [7, 11) is -3.29. The first-order chi connectivity index (χ1) is 8.66. The summed E-state index contributed by atoms with van der Waals surface area (Å²) in [4.78, 5) is 3.84. The summed E-state index contributed by atoms with van der Waals surface area (Å²) in [5, 5.41) is 0. The van der Waals surface area contributed by atoms with E-state index in [0.29, 0.717) is 12.1 Å². The van der Waals surface area contributed by atoms with Gasteiger partial charge < -0.3 is 4.42 Å². The van der Waals surface area contributed by atoms with E-state index in [4.69, 9.17) is 4.42 Å². The Bertz CT molecular complexity index is 565. The molecule has 0 atom stereocenters. The summed E-state index contributed by atoms with van der Waals surface area (Å²) >= 11 is 0. The van der Waals surface area contributed by atoms with Crippen molar-refractivity contribution in [2.24, 2.45) is 0 Å². The van der Waals surface area contributed by atoms with Crippen molar-refractivity contribution in [1.29, 1.82) is 0 Å². The molecular formula is C12H14N2O3S. The molecule has 0 spiro atoms. The Hall–Kier alpha value is -1.66. The van der Waals surface area contributed by atoms with E-state index in [1.807, 2.05) is 30.3 Å². The molecule has 6 heteroatoms. The van der Waals surface area contributed by atoms with E-state index in [0.717, 1.165) is 5.56 Å². The number of hydrogen-bond acceptors (Lipinski definition) is 4. The van der Waals surface area contributed by atoms with Gasteiger partial charge in [0.05, 0.1) is 18.0 Å². The van der Waals surface area contributed by atoms with Crippen LogP contribution in [0.3, 0.4) is 0 Å². The lowest BCUT2D eigenvalue weighted by Crippen LogP contribution is -2.27. The minimum absolute atomic E-state index is 0.0643. The molecule has 0 aliphatic heterocycles. The monoisotopic (exact) mass is 266 g/mol. The number of sulfonamides is 1. The molecule has 0 fully saturated rings. The minimum atomic E-state index is -3.29. The highest BCUT2D eigenvalue weighted by Gasteiger charge is 2.10. The second-order valence-electron chi connectivity index (χ2n) is 3.86. The molecule has 1 aromatic carbocycles. The van der Waals surface area contributed by atoms with Crippen LogP contribution in [0, 0.1) is 0 Å². The van der Waals surface area contributed by atoms with Crippen molar-refractivity contribution in [3.63, 3.8) is 0 Å². The third-order valence-corrected chi connectivity index (χ3v) is 3.78. The highest BCUT2D eigenvalue weighted by Crippen LogP contribution is 2.02. The van der Waals surface area contributed by atoms with Crippen LogP contribution in [0.2, 0.25) is 0 Å². The number of aryl methyl sites for hydroxylation is 1. The van der Waals surface area contributed by atoms with Crippen molar-refractivity contribution < 1.29 is 12.8 Å². The maximum absolute atomic E-state index is 11.7.